The average molecular weight is 265 g/mol. The number of esters is 1. The Balaban J connectivity index is 3.04. The highest BCUT2D eigenvalue weighted by Crippen LogP contribution is 2.32. The summed E-state index contributed by atoms with van der Waals surface area (Å²) in [5.74, 6) is -1.61. The second-order valence-corrected chi connectivity index (χ2v) is 3.62. The van der Waals surface area contributed by atoms with E-state index in [4.69, 9.17) is 5.73 Å². The van der Waals surface area contributed by atoms with Gasteiger partial charge in [-0.15, -0.1) is 0 Å². The Morgan fingerprint density at radius 1 is 1.44 bits per heavy atom. The predicted octanol–water partition coefficient (Wildman–Crippen LogP) is 2.41. The van der Waals surface area contributed by atoms with Gasteiger partial charge < -0.3 is 10.5 Å². The molecule has 0 spiro atoms. The number of methoxy groups -OCH3 is 1. The molecule has 1 aromatic rings. The summed E-state index contributed by atoms with van der Waals surface area (Å²) < 4.78 is 55.0. The highest BCUT2D eigenvalue weighted by atomic mass is 19.4. The first-order valence-corrected chi connectivity index (χ1v) is 4.94. The van der Waals surface area contributed by atoms with Crippen molar-refractivity contribution in [2.45, 2.75) is 18.6 Å². The van der Waals surface area contributed by atoms with Crippen molar-refractivity contribution in [2.75, 3.05) is 7.11 Å². The first-order valence-electron chi connectivity index (χ1n) is 4.94. The summed E-state index contributed by atoms with van der Waals surface area (Å²) in [5, 5.41) is 0. The lowest BCUT2D eigenvalue weighted by atomic mass is 10.0. The van der Waals surface area contributed by atoms with Crippen LogP contribution in [0.3, 0.4) is 0 Å². The van der Waals surface area contributed by atoms with Gasteiger partial charge in [0, 0.05) is 11.6 Å². The minimum Gasteiger partial charge on any atom is -0.469 e. The van der Waals surface area contributed by atoms with E-state index >= 15 is 0 Å². The van der Waals surface area contributed by atoms with Gasteiger partial charge in [0.05, 0.1) is 19.1 Å². The number of alkyl halides is 3. The third kappa shape index (κ3) is 3.43. The van der Waals surface area contributed by atoms with E-state index in [9.17, 15) is 22.4 Å². The van der Waals surface area contributed by atoms with Gasteiger partial charge >= 0.3 is 12.1 Å². The lowest BCUT2D eigenvalue weighted by molar-refractivity contribution is -0.141. The van der Waals surface area contributed by atoms with E-state index in [2.05, 4.69) is 4.74 Å². The van der Waals surface area contributed by atoms with E-state index in [0.717, 1.165) is 7.11 Å². The third-order valence-corrected chi connectivity index (χ3v) is 2.34. The Morgan fingerprint density at radius 3 is 2.56 bits per heavy atom. The molecule has 1 aromatic carbocycles. The van der Waals surface area contributed by atoms with Gasteiger partial charge in [-0.3, -0.25) is 4.79 Å². The summed E-state index contributed by atoms with van der Waals surface area (Å²) >= 11 is 0. The van der Waals surface area contributed by atoms with E-state index in [-0.39, 0.29) is 5.56 Å². The molecule has 7 heteroatoms. The molecule has 0 unspecified atom stereocenters. The summed E-state index contributed by atoms with van der Waals surface area (Å²) in [7, 11) is 1.11. The van der Waals surface area contributed by atoms with E-state index in [1.165, 1.54) is 0 Å². The van der Waals surface area contributed by atoms with Crippen molar-refractivity contribution in [2.24, 2.45) is 5.73 Å². The van der Waals surface area contributed by atoms with Gasteiger partial charge in [-0.25, -0.2) is 4.39 Å². The fraction of sp³-hybridized carbons (Fsp3) is 0.364. The largest absolute Gasteiger partial charge is 0.469 e. The summed E-state index contributed by atoms with van der Waals surface area (Å²) in [6.45, 7) is 0. The molecule has 0 fully saturated rings. The SMILES string of the molecule is COC(=O)C[C@H](N)c1cc(C(F)(F)F)ccc1F. The fourth-order valence-corrected chi connectivity index (χ4v) is 1.38. The number of nitrogens with two attached hydrogens (primary N) is 1. The van der Waals surface area contributed by atoms with Gasteiger partial charge in [-0.2, -0.15) is 13.2 Å². The van der Waals surface area contributed by atoms with Crippen LogP contribution >= 0.6 is 0 Å². The molecular weight excluding hydrogens is 254 g/mol. The van der Waals surface area contributed by atoms with Gasteiger partial charge in [0.1, 0.15) is 5.82 Å². The fourth-order valence-electron chi connectivity index (χ4n) is 1.38. The number of hydrogen-bond donors (Lipinski definition) is 1. The van der Waals surface area contributed by atoms with Crippen molar-refractivity contribution in [1.82, 2.24) is 0 Å². The third-order valence-electron chi connectivity index (χ3n) is 2.34. The zero-order valence-corrected chi connectivity index (χ0v) is 9.42. The van der Waals surface area contributed by atoms with E-state index in [1.54, 1.807) is 0 Å². The van der Waals surface area contributed by atoms with Gasteiger partial charge in [-0.05, 0) is 18.2 Å². The summed E-state index contributed by atoms with van der Waals surface area (Å²) in [6.07, 6.45) is -4.98. The Kier molecular flexibility index (Phi) is 4.28. The van der Waals surface area contributed by atoms with Crippen LogP contribution in [0.1, 0.15) is 23.6 Å². The molecule has 0 amide bonds. The second-order valence-electron chi connectivity index (χ2n) is 3.62. The molecular formula is C11H11F4NO2. The highest BCUT2D eigenvalue weighted by molar-refractivity contribution is 5.70. The molecule has 0 aliphatic carbocycles. The van der Waals surface area contributed by atoms with E-state index < -0.39 is 36.0 Å². The molecule has 0 aliphatic rings. The van der Waals surface area contributed by atoms with Crippen LogP contribution in [-0.2, 0) is 15.7 Å². The minimum absolute atomic E-state index is 0.366. The zero-order chi connectivity index (χ0) is 13.9. The first-order chi connectivity index (χ1) is 8.25. The molecule has 0 heterocycles. The van der Waals surface area contributed by atoms with Gasteiger partial charge in [0.2, 0.25) is 0 Å². The molecule has 3 nitrogen and oxygen atoms in total. The molecule has 2 N–H and O–H groups in total. The molecule has 18 heavy (non-hydrogen) atoms. The standard InChI is InChI=1S/C11H11F4NO2/c1-18-10(17)5-9(16)7-4-6(11(13,14)15)2-3-8(7)12/h2-4,9H,5,16H2,1H3/t9-/m0/s1. The summed E-state index contributed by atoms with van der Waals surface area (Å²) in [4.78, 5) is 10.9. The van der Waals surface area contributed by atoms with Crippen LogP contribution in [0.5, 0.6) is 0 Å². The Hall–Kier alpha value is -1.63. The number of carbonyl (C=O) groups is 1. The molecule has 0 aliphatic heterocycles. The lowest BCUT2D eigenvalue weighted by Gasteiger charge is -2.14. The maximum absolute atomic E-state index is 13.4. The topological polar surface area (TPSA) is 52.3 Å². The molecule has 0 saturated carbocycles. The number of benzene rings is 1. The molecule has 0 radical (unpaired) electrons. The van der Waals surface area contributed by atoms with Crippen LogP contribution in [0, 0.1) is 5.82 Å². The van der Waals surface area contributed by atoms with Crippen molar-refractivity contribution in [3.63, 3.8) is 0 Å². The van der Waals surface area contributed by atoms with E-state index in [1.807, 2.05) is 0 Å². The number of carbonyl (C=O) groups excluding carboxylic acids is 1. The van der Waals surface area contributed by atoms with Crippen LogP contribution in [0.25, 0.3) is 0 Å². The number of halogens is 4. The normalized spacial score (nSPS) is 13.2. The average Bonchev–Trinajstić information content (AvgIpc) is 2.27. The molecule has 1 atom stereocenters. The molecule has 1 rings (SSSR count). The van der Waals surface area contributed by atoms with Crippen molar-refractivity contribution >= 4 is 5.97 Å². The summed E-state index contributed by atoms with van der Waals surface area (Å²) in [6, 6.07) is 0.710. The van der Waals surface area contributed by atoms with Crippen molar-refractivity contribution in [3.05, 3.63) is 35.1 Å². The van der Waals surface area contributed by atoms with Crippen LogP contribution in [0.15, 0.2) is 18.2 Å². The van der Waals surface area contributed by atoms with Gasteiger partial charge in [0.25, 0.3) is 0 Å². The van der Waals surface area contributed by atoms with Gasteiger partial charge in [-0.1, -0.05) is 0 Å². The zero-order valence-electron chi connectivity index (χ0n) is 9.42. The first kappa shape index (κ1) is 14.4. The minimum atomic E-state index is -4.59. The van der Waals surface area contributed by atoms with E-state index in [0.29, 0.717) is 18.2 Å². The van der Waals surface area contributed by atoms with Crippen molar-refractivity contribution < 1.29 is 27.1 Å². The number of ether oxygens (including phenoxy) is 1. The van der Waals surface area contributed by atoms with Crippen molar-refractivity contribution in [1.29, 1.82) is 0 Å². The quantitative estimate of drug-likeness (QED) is 0.674. The van der Waals surface area contributed by atoms with Crippen LogP contribution in [-0.4, -0.2) is 13.1 Å². The molecule has 100 valence electrons. The lowest BCUT2D eigenvalue weighted by Crippen LogP contribution is -2.18. The van der Waals surface area contributed by atoms with Crippen LogP contribution in [0.4, 0.5) is 17.6 Å². The van der Waals surface area contributed by atoms with Crippen LogP contribution in [0.2, 0.25) is 0 Å². The maximum Gasteiger partial charge on any atom is 0.416 e. The predicted molar refractivity (Wildman–Crippen MR) is 55.0 cm³/mol. The molecule has 0 aromatic heterocycles. The smallest absolute Gasteiger partial charge is 0.416 e. The Bertz CT molecular complexity index is 445. The second kappa shape index (κ2) is 5.34. The van der Waals surface area contributed by atoms with Crippen molar-refractivity contribution in [3.8, 4) is 0 Å². The summed E-state index contributed by atoms with van der Waals surface area (Å²) in [5.41, 5.74) is 4.10. The van der Waals surface area contributed by atoms with Crippen LogP contribution < -0.4 is 5.73 Å². The Labute approximate surface area is 101 Å². The molecule has 0 bridgehead atoms. The molecule has 0 saturated heterocycles. The monoisotopic (exact) mass is 265 g/mol. The Morgan fingerprint density at radius 2 is 2.06 bits per heavy atom. The number of rotatable bonds is 3. The van der Waals surface area contributed by atoms with Gasteiger partial charge in [0.15, 0.2) is 0 Å². The number of hydrogen-bond acceptors (Lipinski definition) is 3. The maximum atomic E-state index is 13.4. The highest BCUT2D eigenvalue weighted by Gasteiger charge is 2.31.